The molecular weight excluding hydrogens is 260 g/mol. The first-order valence-corrected chi connectivity index (χ1v) is 6.68. The molecule has 0 radical (unpaired) electrons. The minimum Gasteiger partial charge on any atom is -0.355 e. The molecule has 0 aliphatic carbocycles. The molecule has 1 atom stereocenters. The van der Waals surface area contributed by atoms with E-state index in [-0.39, 0.29) is 11.2 Å². The van der Waals surface area contributed by atoms with Gasteiger partial charge in [0.25, 0.3) is 5.56 Å². The molecule has 0 spiro atoms. The zero-order chi connectivity index (χ0) is 14.3. The van der Waals surface area contributed by atoms with Gasteiger partial charge in [-0.3, -0.25) is 13.9 Å². The fourth-order valence-corrected chi connectivity index (χ4v) is 2.54. The Morgan fingerprint density at radius 2 is 2.15 bits per heavy atom. The molecule has 0 saturated carbocycles. The van der Waals surface area contributed by atoms with Gasteiger partial charge in [-0.1, -0.05) is 0 Å². The Balaban J connectivity index is 1.94. The number of hydrogen-bond donors (Lipinski definition) is 3. The third-order valence-corrected chi connectivity index (χ3v) is 3.82. The predicted molar refractivity (Wildman–Crippen MR) is 76.0 cm³/mol. The lowest BCUT2D eigenvalue weighted by Crippen LogP contribution is -2.36. The van der Waals surface area contributed by atoms with E-state index in [1.807, 2.05) is 0 Å². The second-order valence-corrected chi connectivity index (χ2v) is 5.23. The molecule has 1 unspecified atom stereocenters. The molecular formula is C12H18N6O2. The number of aromatic amines is 1. The normalized spacial score (nSPS) is 18.8. The van der Waals surface area contributed by atoms with Gasteiger partial charge >= 0.3 is 5.69 Å². The van der Waals surface area contributed by atoms with Crippen molar-refractivity contribution < 1.29 is 0 Å². The molecule has 0 bridgehead atoms. The highest BCUT2D eigenvalue weighted by molar-refractivity contribution is 5.72. The number of rotatable bonds is 3. The van der Waals surface area contributed by atoms with Gasteiger partial charge in [0.2, 0.25) is 5.95 Å². The van der Waals surface area contributed by atoms with Crippen LogP contribution in [0.4, 0.5) is 5.95 Å². The van der Waals surface area contributed by atoms with Crippen LogP contribution >= 0.6 is 0 Å². The van der Waals surface area contributed by atoms with Crippen molar-refractivity contribution in [3.8, 4) is 0 Å². The predicted octanol–water partition coefficient (Wildman–Crippen LogP) is -1.02. The summed E-state index contributed by atoms with van der Waals surface area (Å²) in [6.07, 6.45) is 1.13. The van der Waals surface area contributed by atoms with Crippen molar-refractivity contribution in [3.63, 3.8) is 0 Å². The van der Waals surface area contributed by atoms with Crippen molar-refractivity contribution >= 4 is 17.1 Å². The maximum absolute atomic E-state index is 12.0. The van der Waals surface area contributed by atoms with Crippen molar-refractivity contribution in [2.24, 2.45) is 20.0 Å². The van der Waals surface area contributed by atoms with Crippen LogP contribution in [0.3, 0.4) is 0 Å². The van der Waals surface area contributed by atoms with Crippen molar-refractivity contribution in [1.82, 2.24) is 24.4 Å². The summed E-state index contributed by atoms with van der Waals surface area (Å²) < 4.78 is 2.45. The number of aromatic nitrogens is 4. The zero-order valence-electron chi connectivity index (χ0n) is 11.6. The van der Waals surface area contributed by atoms with Crippen LogP contribution in [-0.2, 0) is 14.1 Å². The van der Waals surface area contributed by atoms with Gasteiger partial charge in [0.15, 0.2) is 11.2 Å². The average Bonchev–Trinajstić information content (AvgIpc) is 3.09. The van der Waals surface area contributed by atoms with E-state index in [9.17, 15) is 9.59 Å². The summed E-state index contributed by atoms with van der Waals surface area (Å²) in [7, 11) is 3.07. The van der Waals surface area contributed by atoms with Gasteiger partial charge in [-0.15, -0.1) is 0 Å². The van der Waals surface area contributed by atoms with E-state index in [4.69, 9.17) is 0 Å². The molecule has 1 aliphatic rings. The van der Waals surface area contributed by atoms with Gasteiger partial charge in [0.05, 0.1) is 0 Å². The lowest BCUT2D eigenvalue weighted by molar-refractivity contribution is 0.613. The summed E-state index contributed by atoms with van der Waals surface area (Å²) in [5.41, 5.74) is -0.00137. The number of anilines is 1. The molecule has 2 aromatic heterocycles. The standard InChI is InChI=1S/C12H18N6O2/c1-17-9-8(10(19)18(2)12(17)20)15-11(16-9)14-6-7-3-4-13-5-7/h7,13H,3-6H2,1-2H3,(H2,14,15,16). The van der Waals surface area contributed by atoms with Crippen molar-refractivity contribution in [3.05, 3.63) is 20.8 Å². The summed E-state index contributed by atoms with van der Waals surface area (Å²) >= 11 is 0. The summed E-state index contributed by atoms with van der Waals surface area (Å²) in [5.74, 6) is 1.10. The Hall–Kier alpha value is -2.09. The summed E-state index contributed by atoms with van der Waals surface area (Å²) in [5, 5.41) is 6.50. The molecule has 0 aromatic carbocycles. The summed E-state index contributed by atoms with van der Waals surface area (Å²) in [6, 6.07) is 0. The summed E-state index contributed by atoms with van der Waals surface area (Å²) in [6.45, 7) is 2.83. The number of imidazole rings is 1. The fourth-order valence-electron chi connectivity index (χ4n) is 2.54. The first-order valence-electron chi connectivity index (χ1n) is 6.68. The zero-order valence-corrected chi connectivity index (χ0v) is 11.6. The van der Waals surface area contributed by atoms with Gasteiger partial charge in [0, 0.05) is 20.6 Å². The maximum atomic E-state index is 12.0. The Labute approximate surface area is 114 Å². The van der Waals surface area contributed by atoms with E-state index in [1.54, 1.807) is 7.05 Å². The first-order chi connectivity index (χ1) is 9.58. The fraction of sp³-hybridized carbons (Fsp3) is 0.583. The third-order valence-electron chi connectivity index (χ3n) is 3.82. The lowest BCUT2D eigenvalue weighted by atomic mass is 10.1. The molecule has 2 aromatic rings. The number of nitrogens with zero attached hydrogens (tertiary/aromatic N) is 3. The van der Waals surface area contributed by atoms with E-state index < -0.39 is 0 Å². The SMILES string of the molecule is Cn1c(=O)c2[nH]c(NCC3CCNC3)nc2n(C)c1=O. The van der Waals surface area contributed by atoms with Crippen molar-refractivity contribution in [2.75, 3.05) is 25.0 Å². The quantitative estimate of drug-likeness (QED) is 0.668. The van der Waals surface area contributed by atoms with Crippen LogP contribution in [0.25, 0.3) is 11.2 Å². The van der Waals surface area contributed by atoms with Crippen LogP contribution in [0, 0.1) is 5.92 Å². The van der Waals surface area contributed by atoms with Crippen LogP contribution in [-0.4, -0.2) is 38.7 Å². The molecule has 1 aliphatic heterocycles. The third kappa shape index (κ3) is 2.01. The Morgan fingerprint density at radius 3 is 2.85 bits per heavy atom. The van der Waals surface area contributed by atoms with Crippen LogP contribution in [0.5, 0.6) is 0 Å². The van der Waals surface area contributed by atoms with Gasteiger partial charge in [0.1, 0.15) is 0 Å². The lowest BCUT2D eigenvalue weighted by Gasteiger charge is -2.08. The van der Waals surface area contributed by atoms with E-state index >= 15 is 0 Å². The molecule has 3 rings (SSSR count). The molecule has 8 heteroatoms. The van der Waals surface area contributed by atoms with E-state index in [2.05, 4.69) is 20.6 Å². The Bertz CT molecular complexity index is 750. The van der Waals surface area contributed by atoms with Crippen LogP contribution in [0.15, 0.2) is 9.59 Å². The topological polar surface area (TPSA) is 96.7 Å². The molecule has 8 nitrogen and oxygen atoms in total. The molecule has 3 heterocycles. The van der Waals surface area contributed by atoms with Gasteiger partial charge < -0.3 is 15.6 Å². The van der Waals surface area contributed by atoms with Crippen LogP contribution < -0.4 is 21.9 Å². The van der Waals surface area contributed by atoms with Crippen molar-refractivity contribution in [1.29, 1.82) is 0 Å². The largest absolute Gasteiger partial charge is 0.355 e. The molecule has 0 amide bonds. The number of hydrogen-bond acceptors (Lipinski definition) is 5. The maximum Gasteiger partial charge on any atom is 0.332 e. The van der Waals surface area contributed by atoms with Gasteiger partial charge in [-0.05, 0) is 25.4 Å². The Kier molecular flexibility index (Phi) is 3.09. The van der Waals surface area contributed by atoms with Crippen molar-refractivity contribution in [2.45, 2.75) is 6.42 Å². The van der Waals surface area contributed by atoms with E-state index in [0.29, 0.717) is 23.0 Å². The minimum atomic E-state index is -0.374. The molecule has 1 saturated heterocycles. The second-order valence-electron chi connectivity index (χ2n) is 5.23. The van der Waals surface area contributed by atoms with E-state index in [1.165, 1.54) is 11.6 Å². The highest BCUT2D eigenvalue weighted by Gasteiger charge is 2.16. The van der Waals surface area contributed by atoms with E-state index in [0.717, 1.165) is 30.6 Å². The molecule has 108 valence electrons. The average molecular weight is 278 g/mol. The monoisotopic (exact) mass is 278 g/mol. The molecule has 20 heavy (non-hydrogen) atoms. The van der Waals surface area contributed by atoms with Gasteiger partial charge in [-0.25, -0.2) is 4.79 Å². The second kappa shape index (κ2) is 4.78. The first kappa shape index (κ1) is 12.9. The molecule has 1 fully saturated rings. The number of nitrogens with one attached hydrogen (secondary N) is 3. The summed E-state index contributed by atoms with van der Waals surface area (Å²) in [4.78, 5) is 31.1. The van der Waals surface area contributed by atoms with Crippen LogP contribution in [0.1, 0.15) is 6.42 Å². The number of aryl methyl sites for hydroxylation is 1. The Morgan fingerprint density at radius 1 is 1.35 bits per heavy atom. The smallest absolute Gasteiger partial charge is 0.332 e. The van der Waals surface area contributed by atoms with Gasteiger partial charge in [-0.2, -0.15) is 4.98 Å². The number of fused-ring (bicyclic) bond motifs is 1. The molecule has 3 N–H and O–H groups in total. The highest BCUT2D eigenvalue weighted by atomic mass is 16.2. The van der Waals surface area contributed by atoms with Crippen LogP contribution in [0.2, 0.25) is 0 Å². The highest BCUT2D eigenvalue weighted by Crippen LogP contribution is 2.11. The minimum absolute atomic E-state index is 0.349. The number of H-pyrrole nitrogens is 1.